The third-order valence-electron chi connectivity index (χ3n) is 3.64. The van der Waals surface area contributed by atoms with Crippen molar-refractivity contribution in [2.45, 2.75) is 19.4 Å². The minimum Gasteiger partial charge on any atom is -0.351 e. The van der Waals surface area contributed by atoms with E-state index in [1.807, 2.05) is 29.8 Å². The average molecular weight is 254 g/mol. The number of imidazole rings is 1. The van der Waals surface area contributed by atoms with Crippen LogP contribution in [-0.2, 0) is 18.4 Å². The molecule has 1 aromatic heterocycles. The fourth-order valence-corrected chi connectivity index (χ4v) is 2.16. The monoisotopic (exact) mass is 254 g/mol. The van der Waals surface area contributed by atoms with Gasteiger partial charge in [-0.15, -0.1) is 0 Å². The number of hydrogen-bond donors (Lipinski definition) is 1. The molecule has 5 nitrogen and oxygen atoms in total. The molecule has 1 saturated carbocycles. The van der Waals surface area contributed by atoms with E-state index in [2.05, 4.69) is 16.4 Å². The summed E-state index contributed by atoms with van der Waals surface area (Å²) in [5.41, 5.74) is 2.21. The molecule has 0 unspecified atom stereocenters. The van der Waals surface area contributed by atoms with E-state index in [-0.39, 0.29) is 5.91 Å². The Morgan fingerprint density at radius 3 is 3.05 bits per heavy atom. The molecule has 1 aliphatic carbocycles. The summed E-state index contributed by atoms with van der Waals surface area (Å²) in [5, 5.41) is 11.8. The molecule has 1 heterocycles. The molecule has 5 heteroatoms. The first kappa shape index (κ1) is 11.7. The Bertz CT molecular complexity index is 691. The van der Waals surface area contributed by atoms with Crippen molar-refractivity contribution < 1.29 is 4.79 Å². The van der Waals surface area contributed by atoms with Crippen LogP contribution in [0.4, 0.5) is 0 Å². The molecule has 19 heavy (non-hydrogen) atoms. The smallest absolute Gasteiger partial charge is 0.240 e. The van der Waals surface area contributed by atoms with Gasteiger partial charge in [0.05, 0.1) is 23.4 Å². The van der Waals surface area contributed by atoms with Crippen LogP contribution in [0.3, 0.4) is 0 Å². The van der Waals surface area contributed by atoms with Gasteiger partial charge in [0, 0.05) is 13.6 Å². The lowest BCUT2D eigenvalue weighted by Gasteiger charge is -2.08. The molecule has 0 aliphatic heterocycles. The lowest BCUT2D eigenvalue weighted by molar-refractivity contribution is -0.124. The molecule has 0 bridgehead atoms. The normalized spacial score (nSPS) is 16.0. The summed E-state index contributed by atoms with van der Waals surface area (Å²) < 4.78 is 1.95. The summed E-state index contributed by atoms with van der Waals surface area (Å²) in [6, 6.07) is 8.01. The van der Waals surface area contributed by atoms with Crippen LogP contribution in [0, 0.1) is 16.7 Å². The first-order valence-electron chi connectivity index (χ1n) is 6.24. The molecule has 0 saturated heterocycles. The number of hydrogen-bond acceptors (Lipinski definition) is 3. The Labute approximate surface area is 110 Å². The van der Waals surface area contributed by atoms with Crippen molar-refractivity contribution in [2.24, 2.45) is 12.5 Å². The van der Waals surface area contributed by atoms with Crippen molar-refractivity contribution in [2.75, 3.05) is 0 Å². The van der Waals surface area contributed by atoms with Gasteiger partial charge in [-0.1, -0.05) is 6.07 Å². The van der Waals surface area contributed by atoms with Gasteiger partial charge in [-0.3, -0.25) is 4.79 Å². The van der Waals surface area contributed by atoms with Crippen LogP contribution in [0.2, 0.25) is 0 Å². The third-order valence-corrected chi connectivity index (χ3v) is 3.64. The van der Waals surface area contributed by atoms with Gasteiger partial charge in [0.2, 0.25) is 5.91 Å². The number of benzene rings is 1. The molecule has 1 N–H and O–H groups in total. The summed E-state index contributed by atoms with van der Waals surface area (Å²) in [5.74, 6) is -0.156. The molecular weight excluding hydrogens is 240 g/mol. The molecular formula is C14H14N4O. The summed E-state index contributed by atoms with van der Waals surface area (Å²) >= 11 is 0. The lowest BCUT2D eigenvalue weighted by Crippen LogP contribution is -2.30. The van der Waals surface area contributed by atoms with Gasteiger partial charge in [-0.2, -0.15) is 5.26 Å². The second-order valence-corrected chi connectivity index (χ2v) is 5.06. The van der Waals surface area contributed by atoms with Gasteiger partial charge in [-0.25, -0.2) is 4.98 Å². The summed E-state index contributed by atoms with van der Waals surface area (Å²) in [6.45, 7) is 0.439. The minimum atomic E-state index is -0.755. The van der Waals surface area contributed by atoms with Gasteiger partial charge in [0.1, 0.15) is 5.41 Å². The largest absolute Gasteiger partial charge is 0.351 e. The Balaban J connectivity index is 1.72. The standard InChI is InChI=1S/C14H14N4O/c1-18-9-17-11-6-10(2-3-12(11)18)7-16-13(19)14(8-15)4-5-14/h2-3,6,9H,4-5,7H2,1H3,(H,16,19). The fraction of sp³-hybridized carbons (Fsp3) is 0.357. The highest BCUT2D eigenvalue weighted by Crippen LogP contribution is 2.45. The Morgan fingerprint density at radius 1 is 1.58 bits per heavy atom. The molecule has 3 rings (SSSR count). The SMILES string of the molecule is Cn1cnc2cc(CNC(=O)C3(C#N)CC3)ccc21. The number of carbonyl (C=O) groups excluding carboxylic acids is 1. The van der Waals surface area contributed by atoms with E-state index in [0.29, 0.717) is 19.4 Å². The van der Waals surface area contributed by atoms with Crippen LogP contribution in [0.15, 0.2) is 24.5 Å². The van der Waals surface area contributed by atoms with Gasteiger partial charge in [0.15, 0.2) is 0 Å². The fourth-order valence-electron chi connectivity index (χ4n) is 2.16. The summed E-state index contributed by atoms with van der Waals surface area (Å²) in [7, 11) is 1.94. The number of nitriles is 1. The molecule has 2 aromatic rings. The van der Waals surface area contributed by atoms with Crippen molar-refractivity contribution >= 4 is 16.9 Å². The van der Waals surface area contributed by atoms with E-state index in [0.717, 1.165) is 16.6 Å². The van der Waals surface area contributed by atoms with Crippen LogP contribution in [0.5, 0.6) is 0 Å². The van der Waals surface area contributed by atoms with Crippen LogP contribution in [0.1, 0.15) is 18.4 Å². The molecule has 1 aliphatic rings. The number of rotatable bonds is 3. The number of aryl methyl sites for hydroxylation is 1. The molecule has 1 amide bonds. The number of fused-ring (bicyclic) bond motifs is 1. The molecule has 0 spiro atoms. The Morgan fingerprint density at radius 2 is 2.37 bits per heavy atom. The van der Waals surface area contributed by atoms with Crippen LogP contribution in [0.25, 0.3) is 11.0 Å². The highest BCUT2D eigenvalue weighted by molar-refractivity contribution is 5.88. The maximum absolute atomic E-state index is 11.8. The van der Waals surface area contributed by atoms with Gasteiger partial charge < -0.3 is 9.88 Å². The third kappa shape index (κ3) is 1.95. The number of nitrogens with one attached hydrogen (secondary N) is 1. The van der Waals surface area contributed by atoms with E-state index in [1.54, 1.807) is 6.33 Å². The van der Waals surface area contributed by atoms with E-state index in [1.165, 1.54) is 0 Å². The second kappa shape index (κ2) is 4.09. The van der Waals surface area contributed by atoms with Crippen LogP contribution in [-0.4, -0.2) is 15.5 Å². The lowest BCUT2D eigenvalue weighted by atomic mass is 10.1. The highest BCUT2D eigenvalue weighted by Gasteiger charge is 2.50. The maximum atomic E-state index is 11.8. The van der Waals surface area contributed by atoms with Gasteiger partial charge >= 0.3 is 0 Å². The van der Waals surface area contributed by atoms with Crippen molar-refractivity contribution in [3.8, 4) is 6.07 Å². The predicted octanol–water partition coefficient (Wildman–Crippen LogP) is 1.49. The molecule has 0 radical (unpaired) electrons. The number of aromatic nitrogens is 2. The molecule has 0 atom stereocenters. The number of amides is 1. The van der Waals surface area contributed by atoms with Crippen LogP contribution >= 0.6 is 0 Å². The quantitative estimate of drug-likeness (QED) is 0.902. The van der Waals surface area contributed by atoms with Crippen molar-refractivity contribution in [1.29, 1.82) is 5.26 Å². The Kier molecular flexibility index (Phi) is 2.53. The molecule has 96 valence electrons. The molecule has 1 fully saturated rings. The van der Waals surface area contributed by atoms with Gasteiger partial charge in [0.25, 0.3) is 0 Å². The Hall–Kier alpha value is -2.35. The predicted molar refractivity (Wildman–Crippen MR) is 69.8 cm³/mol. The topological polar surface area (TPSA) is 70.7 Å². The summed E-state index contributed by atoms with van der Waals surface area (Å²) in [4.78, 5) is 16.1. The molecule has 1 aromatic carbocycles. The van der Waals surface area contributed by atoms with Gasteiger partial charge in [-0.05, 0) is 30.5 Å². The van der Waals surface area contributed by atoms with E-state index in [9.17, 15) is 4.79 Å². The van der Waals surface area contributed by atoms with Crippen molar-refractivity contribution in [3.63, 3.8) is 0 Å². The van der Waals surface area contributed by atoms with E-state index in [4.69, 9.17) is 5.26 Å². The zero-order valence-electron chi connectivity index (χ0n) is 10.7. The van der Waals surface area contributed by atoms with Crippen molar-refractivity contribution in [3.05, 3.63) is 30.1 Å². The number of nitrogens with zero attached hydrogens (tertiary/aromatic N) is 3. The highest BCUT2D eigenvalue weighted by atomic mass is 16.2. The number of carbonyl (C=O) groups is 1. The first-order valence-corrected chi connectivity index (χ1v) is 6.24. The second-order valence-electron chi connectivity index (χ2n) is 5.06. The zero-order valence-corrected chi connectivity index (χ0v) is 10.7. The van der Waals surface area contributed by atoms with E-state index >= 15 is 0 Å². The van der Waals surface area contributed by atoms with Crippen molar-refractivity contribution in [1.82, 2.24) is 14.9 Å². The van der Waals surface area contributed by atoms with Crippen LogP contribution < -0.4 is 5.32 Å². The first-order chi connectivity index (χ1) is 9.14. The van der Waals surface area contributed by atoms with E-state index < -0.39 is 5.41 Å². The summed E-state index contributed by atoms with van der Waals surface area (Å²) in [6.07, 6.45) is 3.12. The average Bonchev–Trinajstić information content (AvgIpc) is 3.16. The minimum absolute atomic E-state index is 0.156. The maximum Gasteiger partial charge on any atom is 0.240 e. The zero-order chi connectivity index (χ0) is 13.5.